The van der Waals surface area contributed by atoms with Crippen molar-refractivity contribution in [2.24, 2.45) is 0 Å². The van der Waals surface area contributed by atoms with E-state index in [9.17, 15) is 19.6 Å². The zero-order valence-electron chi connectivity index (χ0n) is 10.7. The molecule has 5 nitrogen and oxygen atoms in total. The minimum atomic E-state index is -0.608. The third-order valence-corrected chi connectivity index (χ3v) is 2.79. The van der Waals surface area contributed by atoms with Gasteiger partial charge in [-0.3, -0.25) is 10.1 Å². The van der Waals surface area contributed by atoms with Crippen LogP contribution in [0.1, 0.15) is 12.5 Å². The van der Waals surface area contributed by atoms with Crippen LogP contribution in [0.3, 0.4) is 0 Å². The van der Waals surface area contributed by atoms with E-state index < -0.39 is 10.7 Å². The number of benzene rings is 2. The number of hydrogen-bond donors (Lipinski definition) is 1. The van der Waals surface area contributed by atoms with Gasteiger partial charge in [0.1, 0.15) is 5.82 Å². The molecule has 0 aliphatic carbocycles. The van der Waals surface area contributed by atoms with E-state index in [0.29, 0.717) is 12.0 Å². The lowest BCUT2D eigenvalue weighted by molar-refractivity contribution is -0.385. The van der Waals surface area contributed by atoms with Crippen LogP contribution in [0.15, 0.2) is 36.4 Å². The number of aromatic hydroxyl groups is 1. The first-order valence-electron chi connectivity index (χ1n) is 5.95. The maximum Gasteiger partial charge on any atom is 0.311 e. The first-order chi connectivity index (χ1) is 9.52. The second-order valence-corrected chi connectivity index (χ2v) is 4.09. The van der Waals surface area contributed by atoms with Gasteiger partial charge in [0.2, 0.25) is 5.75 Å². The lowest BCUT2D eigenvalue weighted by Crippen LogP contribution is -1.95. The first kappa shape index (κ1) is 13.8. The van der Waals surface area contributed by atoms with E-state index in [4.69, 9.17) is 4.74 Å². The van der Waals surface area contributed by atoms with Crippen molar-refractivity contribution >= 4 is 5.69 Å². The molecule has 6 heteroatoms. The van der Waals surface area contributed by atoms with E-state index in [1.807, 2.05) is 0 Å². The molecule has 0 saturated carbocycles. The molecular weight excluding hydrogens is 265 g/mol. The Morgan fingerprint density at radius 2 is 2.00 bits per heavy atom. The number of aryl methyl sites for hydroxylation is 1. The zero-order chi connectivity index (χ0) is 14.7. The molecule has 0 saturated heterocycles. The molecule has 2 aromatic rings. The summed E-state index contributed by atoms with van der Waals surface area (Å²) >= 11 is 0. The largest absolute Gasteiger partial charge is 0.504 e. The minimum Gasteiger partial charge on any atom is -0.504 e. The average molecular weight is 277 g/mol. The smallest absolute Gasteiger partial charge is 0.311 e. The van der Waals surface area contributed by atoms with Gasteiger partial charge in [-0.25, -0.2) is 4.39 Å². The molecule has 0 spiro atoms. The standard InChI is InChI=1S/C14H12FNO4/c1-2-9-7-12(17)14(8-10(9)15)20-13-6-4-3-5-11(13)16(18)19/h3-8,17H,2H2,1H3. The van der Waals surface area contributed by atoms with Gasteiger partial charge in [0.15, 0.2) is 11.5 Å². The fourth-order valence-electron chi connectivity index (χ4n) is 1.75. The number of rotatable bonds is 4. The zero-order valence-corrected chi connectivity index (χ0v) is 10.7. The topological polar surface area (TPSA) is 72.6 Å². The summed E-state index contributed by atoms with van der Waals surface area (Å²) in [6, 6.07) is 7.96. The monoisotopic (exact) mass is 277 g/mol. The van der Waals surface area contributed by atoms with Crippen molar-refractivity contribution in [3.63, 3.8) is 0 Å². The van der Waals surface area contributed by atoms with Crippen molar-refractivity contribution in [1.82, 2.24) is 0 Å². The molecular formula is C14H12FNO4. The van der Waals surface area contributed by atoms with E-state index in [-0.39, 0.29) is 22.9 Å². The van der Waals surface area contributed by atoms with Crippen molar-refractivity contribution in [2.75, 3.05) is 0 Å². The Bertz CT molecular complexity index is 658. The van der Waals surface area contributed by atoms with Crippen LogP contribution in [-0.2, 0) is 6.42 Å². The van der Waals surface area contributed by atoms with E-state index in [0.717, 1.165) is 6.07 Å². The number of halogens is 1. The molecule has 2 rings (SSSR count). The molecule has 0 fully saturated rings. The minimum absolute atomic E-state index is 0.0588. The molecule has 0 aromatic heterocycles. The Morgan fingerprint density at radius 3 is 2.65 bits per heavy atom. The first-order valence-corrected chi connectivity index (χ1v) is 5.95. The third-order valence-electron chi connectivity index (χ3n) is 2.79. The predicted molar refractivity (Wildman–Crippen MR) is 70.6 cm³/mol. The summed E-state index contributed by atoms with van der Waals surface area (Å²) in [4.78, 5) is 10.2. The van der Waals surface area contributed by atoms with Crippen LogP contribution in [0, 0.1) is 15.9 Å². The Hall–Kier alpha value is -2.63. The molecule has 0 aliphatic rings. The van der Waals surface area contributed by atoms with E-state index >= 15 is 0 Å². The molecule has 104 valence electrons. The summed E-state index contributed by atoms with van der Waals surface area (Å²) in [6.45, 7) is 1.75. The van der Waals surface area contributed by atoms with Gasteiger partial charge in [0.25, 0.3) is 0 Å². The molecule has 20 heavy (non-hydrogen) atoms. The molecule has 0 aliphatic heterocycles. The number of nitro groups is 1. The SMILES string of the molecule is CCc1cc(O)c(Oc2ccccc2[N+](=O)[O-])cc1F. The fourth-order valence-corrected chi connectivity index (χ4v) is 1.75. The Labute approximate surface area is 114 Å². The molecule has 0 radical (unpaired) electrons. The van der Waals surface area contributed by atoms with Gasteiger partial charge >= 0.3 is 5.69 Å². The number of para-hydroxylation sites is 2. The molecule has 1 N–H and O–H groups in total. The summed E-state index contributed by atoms with van der Waals surface area (Å²) in [6.07, 6.45) is 0.422. The van der Waals surface area contributed by atoms with E-state index in [1.165, 1.54) is 24.3 Å². The van der Waals surface area contributed by atoms with Gasteiger partial charge in [0, 0.05) is 12.1 Å². The van der Waals surface area contributed by atoms with E-state index in [2.05, 4.69) is 0 Å². The number of nitrogens with zero attached hydrogens (tertiary/aromatic N) is 1. The molecule has 0 unspecified atom stereocenters. The average Bonchev–Trinajstić information content (AvgIpc) is 2.42. The third kappa shape index (κ3) is 2.69. The Morgan fingerprint density at radius 1 is 1.30 bits per heavy atom. The van der Waals surface area contributed by atoms with Crippen molar-refractivity contribution in [3.05, 3.63) is 57.9 Å². The van der Waals surface area contributed by atoms with Crippen LogP contribution < -0.4 is 4.74 Å². The van der Waals surface area contributed by atoms with Gasteiger partial charge in [0.05, 0.1) is 4.92 Å². The number of hydrogen-bond acceptors (Lipinski definition) is 4. The second-order valence-electron chi connectivity index (χ2n) is 4.09. The second kappa shape index (κ2) is 5.56. The highest BCUT2D eigenvalue weighted by Crippen LogP contribution is 2.36. The molecule has 0 amide bonds. The number of phenols is 1. The highest BCUT2D eigenvalue weighted by Gasteiger charge is 2.17. The number of phenolic OH excluding ortho intramolecular Hbond substituents is 1. The lowest BCUT2D eigenvalue weighted by atomic mass is 10.1. The van der Waals surface area contributed by atoms with Crippen molar-refractivity contribution in [2.45, 2.75) is 13.3 Å². The maximum atomic E-state index is 13.7. The van der Waals surface area contributed by atoms with Crippen LogP contribution in [0.4, 0.5) is 10.1 Å². The highest BCUT2D eigenvalue weighted by atomic mass is 19.1. The predicted octanol–water partition coefficient (Wildman–Crippen LogP) is 3.79. The summed E-state index contributed by atoms with van der Waals surface area (Å²) < 4.78 is 18.9. The van der Waals surface area contributed by atoms with Gasteiger partial charge in [-0.1, -0.05) is 19.1 Å². The van der Waals surface area contributed by atoms with Crippen molar-refractivity contribution in [3.8, 4) is 17.2 Å². The number of nitro benzene ring substituents is 1. The quantitative estimate of drug-likeness (QED) is 0.681. The van der Waals surface area contributed by atoms with E-state index in [1.54, 1.807) is 13.0 Å². The molecule has 0 atom stereocenters. The van der Waals surface area contributed by atoms with Crippen molar-refractivity contribution < 1.29 is 19.2 Å². The Kier molecular flexibility index (Phi) is 3.84. The van der Waals surface area contributed by atoms with Crippen LogP contribution in [-0.4, -0.2) is 10.0 Å². The van der Waals surface area contributed by atoms with Gasteiger partial charge in [-0.2, -0.15) is 0 Å². The number of ether oxygens (including phenoxy) is 1. The van der Waals surface area contributed by atoms with Gasteiger partial charge in [-0.05, 0) is 24.1 Å². The Balaban J connectivity index is 2.40. The molecule has 2 aromatic carbocycles. The van der Waals surface area contributed by atoms with Gasteiger partial charge < -0.3 is 9.84 Å². The van der Waals surface area contributed by atoms with Gasteiger partial charge in [-0.15, -0.1) is 0 Å². The van der Waals surface area contributed by atoms with Crippen LogP contribution >= 0.6 is 0 Å². The van der Waals surface area contributed by atoms with Crippen LogP contribution in [0.5, 0.6) is 17.2 Å². The fraction of sp³-hybridized carbons (Fsp3) is 0.143. The summed E-state index contributed by atoms with van der Waals surface area (Å²) in [5.41, 5.74) is 0.0873. The van der Waals surface area contributed by atoms with Crippen LogP contribution in [0.25, 0.3) is 0 Å². The molecule has 0 bridgehead atoms. The summed E-state index contributed by atoms with van der Waals surface area (Å²) in [5, 5.41) is 20.6. The van der Waals surface area contributed by atoms with Crippen molar-refractivity contribution in [1.29, 1.82) is 0 Å². The maximum absolute atomic E-state index is 13.7. The van der Waals surface area contributed by atoms with Crippen LogP contribution in [0.2, 0.25) is 0 Å². The lowest BCUT2D eigenvalue weighted by Gasteiger charge is -2.09. The molecule has 0 heterocycles. The summed E-state index contributed by atoms with van der Waals surface area (Å²) in [5.74, 6) is -1.01. The highest BCUT2D eigenvalue weighted by molar-refractivity contribution is 5.51. The summed E-state index contributed by atoms with van der Waals surface area (Å²) in [7, 11) is 0. The normalized spacial score (nSPS) is 10.3.